The number of ketones is 1. The first kappa shape index (κ1) is 14.2. The van der Waals surface area contributed by atoms with Crippen LogP contribution in [0.2, 0.25) is 0 Å². The minimum atomic E-state index is -1.77. The largest absolute Gasteiger partial charge is 0.394 e. The summed E-state index contributed by atoms with van der Waals surface area (Å²) < 4.78 is 4.75. The zero-order valence-electron chi connectivity index (χ0n) is 8.24. The molecule has 15 heavy (non-hydrogen) atoms. The lowest BCUT2D eigenvalue weighted by Gasteiger charge is -2.20. The Morgan fingerprint density at radius 3 is 2.47 bits per heavy atom. The van der Waals surface area contributed by atoms with E-state index < -0.39 is 30.7 Å². The van der Waals surface area contributed by atoms with E-state index in [2.05, 4.69) is 6.58 Å². The lowest BCUT2D eigenvalue weighted by atomic mass is 10.1. The highest BCUT2D eigenvalue weighted by molar-refractivity contribution is 5.84. The normalized spacial score (nSPS) is 16.8. The first-order valence-corrected chi connectivity index (χ1v) is 4.41. The molecule has 6 nitrogen and oxygen atoms in total. The number of aliphatic hydroxyl groups is 4. The topological polar surface area (TPSA) is 107 Å². The van der Waals surface area contributed by atoms with E-state index >= 15 is 0 Å². The molecule has 0 spiro atoms. The van der Waals surface area contributed by atoms with E-state index in [9.17, 15) is 9.90 Å². The summed E-state index contributed by atoms with van der Waals surface area (Å²) in [5.41, 5.74) is 0. The van der Waals surface area contributed by atoms with Gasteiger partial charge in [-0.05, 0) is 0 Å². The summed E-state index contributed by atoms with van der Waals surface area (Å²) >= 11 is 0. The maximum atomic E-state index is 11.1. The Bertz CT molecular complexity index is 205. The van der Waals surface area contributed by atoms with Crippen LogP contribution < -0.4 is 0 Å². The van der Waals surface area contributed by atoms with Crippen molar-refractivity contribution in [2.24, 2.45) is 0 Å². The van der Waals surface area contributed by atoms with Crippen molar-refractivity contribution in [3.63, 3.8) is 0 Å². The average molecular weight is 220 g/mol. The number of aliphatic hydroxyl groups excluding tert-OH is 4. The summed E-state index contributed by atoms with van der Waals surface area (Å²) in [6.45, 7) is 2.38. The molecular weight excluding hydrogens is 204 g/mol. The van der Waals surface area contributed by atoms with Gasteiger partial charge in [-0.1, -0.05) is 6.08 Å². The number of hydrogen-bond donors (Lipinski definition) is 4. The lowest BCUT2D eigenvalue weighted by Crippen LogP contribution is -2.45. The Balaban J connectivity index is 4.01. The molecule has 0 unspecified atom stereocenters. The standard InChI is InChI=1S/C9H16O6/c1-2-3-15-5-7(12)9(14)8(13)6(11)4-10/h2,6,8-11,13-14H,1,3-5H2/t6-,8-,9-/m1/s1. The van der Waals surface area contributed by atoms with Crippen LogP contribution in [0.15, 0.2) is 12.7 Å². The molecular formula is C9H16O6. The first-order chi connectivity index (χ1) is 7.04. The van der Waals surface area contributed by atoms with E-state index in [1.807, 2.05) is 0 Å². The summed E-state index contributed by atoms with van der Waals surface area (Å²) in [7, 11) is 0. The van der Waals surface area contributed by atoms with Gasteiger partial charge in [0.05, 0.1) is 13.2 Å². The summed E-state index contributed by atoms with van der Waals surface area (Å²) in [5, 5.41) is 35.8. The highest BCUT2D eigenvalue weighted by Gasteiger charge is 2.29. The number of ether oxygens (including phenoxy) is 1. The third-order valence-corrected chi connectivity index (χ3v) is 1.71. The van der Waals surface area contributed by atoms with Crippen molar-refractivity contribution in [3.05, 3.63) is 12.7 Å². The zero-order chi connectivity index (χ0) is 11.8. The van der Waals surface area contributed by atoms with Gasteiger partial charge in [-0.15, -0.1) is 6.58 Å². The van der Waals surface area contributed by atoms with Gasteiger partial charge >= 0.3 is 0 Å². The quantitative estimate of drug-likeness (QED) is 0.274. The van der Waals surface area contributed by atoms with E-state index in [1.54, 1.807) is 0 Å². The molecule has 0 bridgehead atoms. The fourth-order valence-electron chi connectivity index (χ4n) is 0.837. The second kappa shape index (κ2) is 7.49. The number of Topliss-reactive ketones (excluding diaryl/α,β-unsaturated/α-hetero) is 1. The highest BCUT2D eigenvalue weighted by Crippen LogP contribution is 2.01. The SMILES string of the molecule is C=CCOCC(=O)[C@@H](O)[C@H](O)[C@H](O)CO. The number of hydrogen-bond acceptors (Lipinski definition) is 6. The molecule has 0 radical (unpaired) electrons. The molecule has 0 aromatic carbocycles. The van der Waals surface area contributed by atoms with Crippen LogP contribution in [-0.2, 0) is 9.53 Å². The van der Waals surface area contributed by atoms with Crippen molar-refractivity contribution in [1.29, 1.82) is 0 Å². The highest BCUT2D eigenvalue weighted by atomic mass is 16.5. The summed E-state index contributed by atoms with van der Waals surface area (Å²) in [6.07, 6.45) is -3.60. The first-order valence-electron chi connectivity index (χ1n) is 4.41. The Kier molecular flexibility index (Phi) is 7.10. The van der Waals surface area contributed by atoms with E-state index in [0.717, 1.165) is 0 Å². The maximum absolute atomic E-state index is 11.1. The molecule has 0 saturated heterocycles. The number of rotatable bonds is 8. The van der Waals surface area contributed by atoms with Gasteiger partial charge in [0.15, 0.2) is 5.78 Å². The summed E-state index contributed by atoms with van der Waals surface area (Å²) in [4.78, 5) is 11.1. The molecule has 0 aliphatic rings. The number of carbonyl (C=O) groups excluding carboxylic acids is 1. The molecule has 0 heterocycles. The van der Waals surface area contributed by atoms with Gasteiger partial charge in [-0.2, -0.15) is 0 Å². The Morgan fingerprint density at radius 1 is 1.40 bits per heavy atom. The van der Waals surface area contributed by atoms with Crippen LogP contribution in [0.1, 0.15) is 0 Å². The van der Waals surface area contributed by atoms with Crippen LogP contribution in [-0.4, -0.2) is 64.3 Å². The van der Waals surface area contributed by atoms with Crippen molar-refractivity contribution < 1.29 is 30.0 Å². The van der Waals surface area contributed by atoms with E-state index in [0.29, 0.717) is 0 Å². The van der Waals surface area contributed by atoms with Crippen LogP contribution in [0.3, 0.4) is 0 Å². The van der Waals surface area contributed by atoms with Crippen molar-refractivity contribution >= 4 is 5.78 Å². The molecule has 0 fully saturated rings. The van der Waals surface area contributed by atoms with Crippen molar-refractivity contribution in [2.45, 2.75) is 18.3 Å². The Labute approximate surface area is 87.4 Å². The minimum absolute atomic E-state index is 0.150. The molecule has 0 amide bonds. The van der Waals surface area contributed by atoms with Crippen molar-refractivity contribution in [1.82, 2.24) is 0 Å². The van der Waals surface area contributed by atoms with Crippen LogP contribution in [0.5, 0.6) is 0 Å². The van der Waals surface area contributed by atoms with E-state index in [-0.39, 0.29) is 13.2 Å². The molecule has 6 heteroatoms. The second-order valence-electron chi connectivity index (χ2n) is 2.96. The summed E-state index contributed by atoms with van der Waals surface area (Å²) in [5.74, 6) is -0.767. The van der Waals surface area contributed by atoms with Crippen LogP contribution in [0, 0.1) is 0 Å². The van der Waals surface area contributed by atoms with Crippen molar-refractivity contribution in [2.75, 3.05) is 19.8 Å². The third kappa shape index (κ3) is 5.01. The minimum Gasteiger partial charge on any atom is -0.394 e. The van der Waals surface area contributed by atoms with Gasteiger partial charge in [0.1, 0.15) is 24.9 Å². The molecule has 0 saturated carbocycles. The molecule has 88 valence electrons. The average Bonchev–Trinajstić information content (AvgIpc) is 2.26. The lowest BCUT2D eigenvalue weighted by molar-refractivity contribution is -0.144. The van der Waals surface area contributed by atoms with E-state index in [1.165, 1.54) is 6.08 Å². The smallest absolute Gasteiger partial charge is 0.189 e. The maximum Gasteiger partial charge on any atom is 0.189 e. The predicted octanol–water partition coefficient (Wildman–Crippen LogP) is -2.17. The Morgan fingerprint density at radius 2 is 2.00 bits per heavy atom. The molecule has 0 aromatic heterocycles. The van der Waals surface area contributed by atoms with Gasteiger partial charge in [-0.25, -0.2) is 0 Å². The van der Waals surface area contributed by atoms with Crippen molar-refractivity contribution in [3.8, 4) is 0 Å². The van der Waals surface area contributed by atoms with Gasteiger partial charge in [0.2, 0.25) is 0 Å². The van der Waals surface area contributed by atoms with Crippen LogP contribution >= 0.6 is 0 Å². The van der Waals surface area contributed by atoms with Gasteiger partial charge in [0, 0.05) is 0 Å². The fourth-order valence-corrected chi connectivity index (χ4v) is 0.837. The van der Waals surface area contributed by atoms with Gasteiger partial charge in [-0.3, -0.25) is 4.79 Å². The second-order valence-corrected chi connectivity index (χ2v) is 2.96. The molecule has 4 N–H and O–H groups in total. The molecule has 0 aliphatic carbocycles. The fraction of sp³-hybridized carbons (Fsp3) is 0.667. The number of carbonyl (C=O) groups is 1. The molecule has 0 aliphatic heterocycles. The third-order valence-electron chi connectivity index (χ3n) is 1.71. The molecule has 0 aromatic rings. The summed E-state index contributed by atoms with van der Waals surface area (Å²) in [6, 6.07) is 0. The van der Waals surface area contributed by atoms with Gasteiger partial charge in [0.25, 0.3) is 0 Å². The van der Waals surface area contributed by atoms with Gasteiger partial charge < -0.3 is 25.2 Å². The Hall–Kier alpha value is -0.790. The van der Waals surface area contributed by atoms with E-state index in [4.69, 9.17) is 20.1 Å². The van der Waals surface area contributed by atoms with Crippen LogP contribution in [0.25, 0.3) is 0 Å². The van der Waals surface area contributed by atoms with Crippen LogP contribution in [0.4, 0.5) is 0 Å². The molecule has 0 rings (SSSR count). The predicted molar refractivity (Wildman–Crippen MR) is 51.1 cm³/mol. The monoisotopic (exact) mass is 220 g/mol. The zero-order valence-corrected chi connectivity index (χ0v) is 8.24. The molecule has 3 atom stereocenters.